The third-order valence-electron chi connectivity index (χ3n) is 2.80. The van der Waals surface area contributed by atoms with E-state index in [1.807, 2.05) is 20.8 Å². The molecule has 1 fully saturated rings. The second-order valence-corrected chi connectivity index (χ2v) is 8.02. The summed E-state index contributed by atoms with van der Waals surface area (Å²) in [5.74, 6) is -0.586. The predicted molar refractivity (Wildman–Crippen MR) is 67.7 cm³/mol. The summed E-state index contributed by atoms with van der Waals surface area (Å²) < 4.78 is 22.2. The van der Waals surface area contributed by atoms with Crippen molar-refractivity contribution in [3.63, 3.8) is 0 Å². The molecule has 1 rings (SSSR count). The number of piperazine rings is 1. The average molecular weight is 276 g/mol. The number of hydrogen-bond acceptors (Lipinski definition) is 4. The van der Waals surface area contributed by atoms with Crippen LogP contribution in [0.15, 0.2) is 0 Å². The number of amides is 2. The molecule has 1 aliphatic heterocycles. The Hall–Kier alpha value is -1.11. The molecule has 0 bridgehead atoms. The number of carbonyl (C=O) groups excluding carboxylic acids is 2. The number of nitrogens with one attached hydrogen (secondary N) is 1. The van der Waals surface area contributed by atoms with Crippen LogP contribution in [0.5, 0.6) is 0 Å². The van der Waals surface area contributed by atoms with Gasteiger partial charge in [0.05, 0.1) is 12.3 Å². The summed E-state index contributed by atoms with van der Waals surface area (Å²) in [5, 5.41) is 2.65. The van der Waals surface area contributed by atoms with E-state index in [9.17, 15) is 18.0 Å². The molecule has 7 heteroatoms. The summed E-state index contributed by atoms with van der Waals surface area (Å²) in [6, 6.07) is -0.599. The van der Waals surface area contributed by atoms with Crippen molar-refractivity contribution in [1.29, 1.82) is 0 Å². The van der Waals surface area contributed by atoms with Crippen LogP contribution in [0.4, 0.5) is 0 Å². The number of carbonyl (C=O) groups is 2. The Labute approximate surface area is 108 Å². The topological polar surface area (TPSA) is 83.6 Å². The first-order valence-electron chi connectivity index (χ1n) is 5.76. The fourth-order valence-electron chi connectivity index (χ4n) is 1.75. The Balaban J connectivity index is 2.80. The number of hydrogen-bond donors (Lipinski definition) is 1. The summed E-state index contributed by atoms with van der Waals surface area (Å²) in [7, 11) is -3.14. The maximum Gasteiger partial charge on any atom is 0.246 e. The first-order valence-corrected chi connectivity index (χ1v) is 7.82. The molecule has 1 unspecified atom stereocenters. The van der Waals surface area contributed by atoms with Gasteiger partial charge in [-0.15, -0.1) is 0 Å². The average Bonchev–Trinajstić information content (AvgIpc) is 2.16. The minimum Gasteiger partial charge on any atom is -0.342 e. The van der Waals surface area contributed by atoms with Crippen molar-refractivity contribution in [2.75, 3.05) is 25.1 Å². The molecular weight excluding hydrogens is 256 g/mol. The molecule has 18 heavy (non-hydrogen) atoms. The normalized spacial score (nSPS) is 22.0. The van der Waals surface area contributed by atoms with Gasteiger partial charge in [-0.3, -0.25) is 9.59 Å². The fourth-order valence-corrected chi connectivity index (χ4v) is 2.31. The lowest BCUT2D eigenvalue weighted by Gasteiger charge is -2.38. The van der Waals surface area contributed by atoms with Crippen molar-refractivity contribution in [2.45, 2.75) is 26.8 Å². The van der Waals surface area contributed by atoms with Crippen molar-refractivity contribution >= 4 is 21.7 Å². The zero-order valence-electron chi connectivity index (χ0n) is 11.2. The monoisotopic (exact) mass is 276 g/mol. The van der Waals surface area contributed by atoms with Gasteiger partial charge in [-0.1, -0.05) is 20.8 Å². The van der Waals surface area contributed by atoms with Gasteiger partial charge in [0.1, 0.15) is 15.9 Å². The molecule has 0 saturated carbocycles. The van der Waals surface area contributed by atoms with Gasteiger partial charge < -0.3 is 10.2 Å². The van der Waals surface area contributed by atoms with Gasteiger partial charge in [-0.25, -0.2) is 8.42 Å². The van der Waals surface area contributed by atoms with E-state index in [1.54, 1.807) is 0 Å². The van der Waals surface area contributed by atoms with E-state index < -0.39 is 21.3 Å². The minimum atomic E-state index is -3.14. The van der Waals surface area contributed by atoms with Crippen molar-refractivity contribution in [3.05, 3.63) is 0 Å². The van der Waals surface area contributed by atoms with Crippen LogP contribution in [0, 0.1) is 5.41 Å². The fraction of sp³-hybridized carbons (Fsp3) is 0.818. The predicted octanol–water partition coefficient (Wildman–Crippen LogP) is -0.596. The van der Waals surface area contributed by atoms with Crippen LogP contribution in [0.3, 0.4) is 0 Å². The summed E-state index contributed by atoms with van der Waals surface area (Å²) >= 11 is 0. The van der Waals surface area contributed by atoms with E-state index in [0.717, 1.165) is 6.26 Å². The van der Waals surface area contributed by atoms with Crippen molar-refractivity contribution in [2.24, 2.45) is 5.41 Å². The van der Waals surface area contributed by atoms with Gasteiger partial charge in [0, 0.05) is 12.8 Å². The van der Waals surface area contributed by atoms with Crippen LogP contribution in [0.2, 0.25) is 0 Å². The lowest BCUT2D eigenvalue weighted by atomic mass is 9.85. The Morgan fingerprint density at radius 3 is 2.33 bits per heavy atom. The Morgan fingerprint density at radius 1 is 1.33 bits per heavy atom. The van der Waals surface area contributed by atoms with Gasteiger partial charge in [0.15, 0.2) is 0 Å². The molecule has 1 saturated heterocycles. The van der Waals surface area contributed by atoms with Gasteiger partial charge in [0.2, 0.25) is 11.8 Å². The minimum absolute atomic E-state index is 0.0671. The molecular formula is C11H20N2O4S. The second kappa shape index (κ2) is 4.87. The largest absolute Gasteiger partial charge is 0.342 e. The third kappa shape index (κ3) is 3.97. The van der Waals surface area contributed by atoms with Crippen LogP contribution in [0.1, 0.15) is 20.8 Å². The molecule has 1 atom stereocenters. The molecule has 1 N–H and O–H groups in total. The van der Waals surface area contributed by atoms with Gasteiger partial charge in [0.25, 0.3) is 0 Å². The van der Waals surface area contributed by atoms with E-state index in [0.29, 0.717) is 0 Å². The van der Waals surface area contributed by atoms with Crippen molar-refractivity contribution < 1.29 is 18.0 Å². The molecule has 0 aromatic carbocycles. The maximum atomic E-state index is 12.2. The molecule has 0 aliphatic carbocycles. The lowest BCUT2D eigenvalue weighted by molar-refractivity contribution is -0.147. The summed E-state index contributed by atoms with van der Waals surface area (Å²) in [6.07, 6.45) is 1.11. The Morgan fingerprint density at radius 2 is 1.89 bits per heavy atom. The lowest BCUT2D eigenvalue weighted by Crippen LogP contribution is -2.62. The summed E-state index contributed by atoms with van der Waals surface area (Å²) in [5.41, 5.74) is -0.392. The molecule has 104 valence electrons. The molecule has 0 aromatic heterocycles. The molecule has 0 spiro atoms. The van der Waals surface area contributed by atoms with E-state index in [4.69, 9.17) is 0 Å². The zero-order valence-corrected chi connectivity index (χ0v) is 12.0. The van der Waals surface area contributed by atoms with Gasteiger partial charge in [-0.2, -0.15) is 0 Å². The van der Waals surface area contributed by atoms with E-state index >= 15 is 0 Å². The molecule has 1 aliphatic rings. The maximum absolute atomic E-state index is 12.2. The number of nitrogens with zero attached hydrogens (tertiary/aromatic N) is 1. The Bertz CT molecular complexity index is 450. The highest BCUT2D eigenvalue weighted by atomic mass is 32.2. The number of rotatable bonds is 3. The smallest absolute Gasteiger partial charge is 0.246 e. The third-order valence-corrected chi connectivity index (χ3v) is 3.72. The second-order valence-electron chi connectivity index (χ2n) is 5.76. The zero-order chi connectivity index (χ0) is 14.1. The molecule has 1 heterocycles. The van der Waals surface area contributed by atoms with Crippen molar-refractivity contribution in [3.8, 4) is 0 Å². The van der Waals surface area contributed by atoms with Crippen LogP contribution in [-0.4, -0.2) is 56.3 Å². The highest BCUT2D eigenvalue weighted by Crippen LogP contribution is 2.23. The molecule has 6 nitrogen and oxygen atoms in total. The molecule has 0 radical (unpaired) electrons. The van der Waals surface area contributed by atoms with E-state index in [2.05, 4.69) is 5.32 Å². The van der Waals surface area contributed by atoms with Crippen LogP contribution >= 0.6 is 0 Å². The Kier molecular flexibility index (Phi) is 4.05. The standard InChI is InChI=1S/C11H20N2O4S/c1-11(2,3)9-10(15)13(7-8(14)12-9)5-6-18(4,16)17/h9H,5-7H2,1-4H3,(H,12,14). The van der Waals surface area contributed by atoms with E-state index in [1.165, 1.54) is 4.90 Å². The van der Waals surface area contributed by atoms with Crippen LogP contribution < -0.4 is 5.32 Å². The molecule has 0 aromatic rings. The van der Waals surface area contributed by atoms with Crippen molar-refractivity contribution in [1.82, 2.24) is 10.2 Å². The van der Waals surface area contributed by atoms with Crippen LogP contribution in [0.25, 0.3) is 0 Å². The highest BCUT2D eigenvalue weighted by Gasteiger charge is 2.39. The first-order chi connectivity index (χ1) is 8.00. The summed E-state index contributed by atoms with van der Waals surface area (Å²) in [6.45, 7) is 5.57. The van der Waals surface area contributed by atoms with Gasteiger partial charge in [-0.05, 0) is 5.41 Å². The van der Waals surface area contributed by atoms with Gasteiger partial charge >= 0.3 is 0 Å². The van der Waals surface area contributed by atoms with Crippen LogP contribution in [-0.2, 0) is 19.4 Å². The quantitative estimate of drug-likeness (QED) is 0.746. The number of sulfone groups is 1. The first kappa shape index (κ1) is 14.9. The summed E-state index contributed by atoms with van der Waals surface area (Å²) in [4.78, 5) is 25.0. The highest BCUT2D eigenvalue weighted by molar-refractivity contribution is 7.90. The SMILES string of the molecule is CC(C)(C)C1NC(=O)CN(CCS(C)(=O)=O)C1=O. The van der Waals surface area contributed by atoms with E-state index in [-0.39, 0.29) is 30.7 Å². The molecule has 2 amide bonds.